The molecule has 0 nitrogen and oxygen atoms in total. The average molecular weight is 977 g/mol. The predicted molar refractivity (Wildman–Crippen MR) is 269 cm³/mol. The molecule has 64 heavy (non-hydrogen) atoms. The van der Waals surface area contributed by atoms with Gasteiger partial charge in [-0.15, -0.1) is 0 Å². The maximum atomic E-state index is 9.75. The molecule has 0 N–H and O–H groups in total. The van der Waals surface area contributed by atoms with Gasteiger partial charge in [-0.25, -0.2) is 0 Å². The number of hydrogen-bond acceptors (Lipinski definition) is 0. The van der Waals surface area contributed by atoms with Crippen molar-refractivity contribution < 1.29 is 36.7 Å². The summed E-state index contributed by atoms with van der Waals surface area (Å²) in [7, 11) is -7.77. The summed E-state index contributed by atoms with van der Waals surface area (Å²) < 4.78 is 39.0. The third-order valence-electron chi connectivity index (χ3n) is 11.0. The molecule has 0 saturated heterocycles. The molecular weight excluding hydrogens is 924 g/mol. The Morgan fingerprint density at radius 1 is 0.344 bits per heavy atom. The van der Waals surface area contributed by atoms with Gasteiger partial charge >= 0.3 is 7.25 Å². The van der Waals surface area contributed by atoms with Crippen molar-refractivity contribution in [1.29, 1.82) is 0 Å². The molecule has 0 heterocycles. The molecule has 327 valence electrons. The second-order valence-electron chi connectivity index (χ2n) is 16.0. The van der Waals surface area contributed by atoms with E-state index in [2.05, 4.69) is 223 Å². The van der Waals surface area contributed by atoms with E-state index < -0.39 is 23.1 Å². The number of halogens is 4. The normalized spacial score (nSPS) is 13.0. The second-order valence-corrected chi connectivity index (χ2v) is 20.3. The van der Waals surface area contributed by atoms with Crippen LogP contribution in [-0.2, 0) is 19.5 Å². The number of fused-ring (bicyclic) bond motifs is 2. The SMILES string of the molecule is Cc1ccc(P(c2ccc(C)cc2)c2ccc3ccccc3c2-c2c(P(c3ccc(C)cc3)c3ccc(C)cc3)ccc3ccccc23)cc1.F[B-](F)(F)F.[CH]1[CH]CC[CH][CH]CC1.[Rh]. The minimum atomic E-state index is -6.00. The number of hydrogen-bond donors (Lipinski definition) is 0. The van der Waals surface area contributed by atoms with E-state index in [1.165, 1.54) is 112 Å². The maximum Gasteiger partial charge on any atom is 0.673 e. The first-order valence-corrected chi connectivity index (χ1v) is 24.2. The van der Waals surface area contributed by atoms with Crippen LogP contribution in [-0.4, -0.2) is 7.25 Å². The summed E-state index contributed by atoms with van der Waals surface area (Å²) in [5.74, 6) is 0. The Morgan fingerprint density at radius 3 is 0.859 bits per heavy atom. The van der Waals surface area contributed by atoms with E-state index in [0.717, 1.165) is 0 Å². The summed E-state index contributed by atoms with van der Waals surface area (Å²) in [5, 5.41) is 13.4. The van der Waals surface area contributed by atoms with Gasteiger partial charge < -0.3 is 17.3 Å². The molecule has 0 amide bonds. The largest absolute Gasteiger partial charge is 0.673 e. The topological polar surface area (TPSA) is 0 Å². The summed E-state index contributed by atoms with van der Waals surface area (Å²) in [6.45, 7) is 8.72. The zero-order chi connectivity index (χ0) is 44.3. The smallest absolute Gasteiger partial charge is 0.418 e. The molecule has 8 aromatic rings. The van der Waals surface area contributed by atoms with Crippen molar-refractivity contribution in [3.8, 4) is 11.1 Å². The number of rotatable bonds is 7. The van der Waals surface area contributed by atoms with Gasteiger partial charge in [0.1, 0.15) is 0 Å². The van der Waals surface area contributed by atoms with E-state index in [4.69, 9.17) is 0 Å². The van der Waals surface area contributed by atoms with Crippen LogP contribution in [0, 0.1) is 53.4 Å². The Morgan fingerprint density at radius 2 is 0.594 bits per heavy atom. The van der Waals surface area contributed by atoms with Crippen molar-refractivity contribution in [2.75, 3.05) is 0 Å². The van der Waals surface area contributed by atoms with Gasteiger partial charge in [0.2, 0.25) is 0 Å². The third-order valence-corrected chi connectivity index (χ3v) is 16.0. The summed E-state index contributed by atoms with van der Waals surface area (Å²) >= 11 is 0. The zero-order valence-electron chi connectivity index (χ0n) is 36.6. The van der Waals surface area contributed by atoms with Gasteiger partial charge in [0.15, 0.2) is 0 Å². The molecule has 8 heteroatoms. The van der Waals surface area contributed by atoms with E-state index in [-0.39, 0.29) is 19.5 Å². The van der Waals surface area contributed by atoms with Gasteiger partial charge in [0, 0.05) is 19.5 Å². The van der Waals surface area contributed by atoms with Crippen molar-refractivity contribution >= 4 is 76.5 Å². The van der Waals surface area contributed by atoms with Gasteiger partial charge in [-0.2, -0.15) is 0 Å². The van der Waals surface area contributed by atoms with Crippen molar-refractivity contribution in [1.82, 2.24) is 0 Å². The Hall–Kier alpha value is -4.45. The molecule has 0 aromatic heterocycles. The summed E-state index contributed by atoms with van der Waals surface area (Å²) in [5.41, 5.74) is 7.84. The summed E-state index contributed by atoms with van der Waals surface area (Å²) in [6.07, 6.45) is 14.0. The Labute approximate surface area is 393 Å². The molecule has 1 aliphatic rings. The molecule has 0 spiro atoms. The van der Waals surface area contributed by atoms with Gasteiger partial charge in [-0.1, -0.05) is 192 Å². The second kappa shape index (κ2) is 23.1. The summed E-state index contributed by atoms with van der Waals surface area (Å²) in [4.78, 5) is 0. The first-order chi connectivity index (χ1) is 30.4. The molecule has 1 saturated carbocycles. The van der Waals surface area contributed by atoms with Crippen LogP contribution in [0.4, 0.5) is 17.3 Å². The quantitative estimate of drug-likeness (QED) is 0.0848. The third kappa shape index (κ3) is 12.9. The molecule has 5 radical (unpaired) electrons. The van der Waals surface area contributed by atoms with Crippen molar-refractivity contribution in [2.45, 2.75) is 53.4 Å². The van der Waals surface area contributed by atoms with E-state index in [1.54, 1.807) is 0 Å². The molecule has 0 atom stereocenters. The van der Waals surface area contributed by atoms with Crippen LogP contribution < -0.4 is 31.8 Å². The van der Waals surface area contributed by atoms with E-state index in [1.807, 2.05) is 0 Å². The van der Waals surface area contributed by atoms with E-state index in [0.29, 0.717) is 0 Å². The first-order valence-electron chi connectivity index (χ1n) is 21.5. The fraction of sp³-hybridized carbons (Fsp3) is 0.143. The molecule has 8 aromatic carbocycles. The molecule has 1 fully saturated rings. The van der Waals surface area contributed by atoms with Crippen LogP contribution in [0.3, 0.4) is 0 Å². The van der Waals surface area contributed by atoms with Crippen LogP contribution in [0.1, 0.15) is 47.9 Å². The van der Waals surface area contributed by atoms with Gasteiger partial charge in [0.25, 0.3) is 0 Å². The van der Waals surface area contributed by atoms with Crippen LogP contribution in [0.5, 0.6) is 0 Å². The van der Waals surface area contributed by atoms with E-state index in [9.17, 15) is 17.3 Å². The Balaban J connectivity index is 0.000000422. The minimum Gasteiger partial charge on any atom is -0.418 e. The molecule has 9 rings (SSSR count). The molecular formula is C56H52BF4P2Rh-. The Kier molecular flexibility index (Phi) is 17.7. The van der Waals surface area contributed by atoms with Crippen LogP contribution in [0.25, 0.3) is 32.7 Å². The standard InChI is InChI=1S/C48H40P2.C8H12.BF4.Rh/c1-33-13-23-39(24-14-33)49(40-25-15-34(2)16-26-40)45-31-21-37-9-5-7-11-43(37)47(45)48-44-12-8-6-10-38(44)22-32-46(48)50(41-27-17-35(3)18-28-41)42-29-19-36(4)20-30-42;1-2-4-6-8-7-5-3-1;2-1(3,4)5;/h5-32H,1-4H3;1-2,7-8H,3-6H2;;/q;;-1;. The van der Waals surface area contributed by atoms with Gasteiger partial charge in [0.05, 0.1) is 0 Å². The van der Waals surface area contributed by atoms with Crippen molar-refractivity contribution in [3.05, 3.63) is 218 Å². The molecule has 0 aliphatic heterocycles. The van der Waals surface area contributed by atoms with Crippen LogP contribution in [0.2, 0.25) is 0 Å². The summed E-state index contributed by atoms with van der Waals surface area (Å²) in [6, 6.07) is 64.6. The maximum absolute atomic E-state index is 9.75. The van der Waals surface area contributed by atoms with Gasteiger partial charge in [-0.05, 0) is 159 Å². The first kappa shape index (κ1) is 49.0. The number of benzene rings is 8. The predicted octanol–water partition coefficient (Wildman–Crippen LogP) is 14.1. The van der Waals surface area contributed by atoms with Crippen molar-refractivity contribution in [3.63, 3.8) is 0 Å². The molecule has 0 unspecified atom stereocenters. The van der Waals surface area contributed by atoms with E-state index >= 15 is 0 Å². The molecule has 0 bridgehead atoms. The monoisotopic (exact) mass is 976 g/mol. The zero-order valence-corrected chi connectivity index (χ0v) is 40.0. The minimum absolute atomic E-state index is 0. The fourth-order valence-corrected chi connectivity index (χ4v) is 12.8. The average Bonchev–Trinajstić information content (AvgIpc) is 3.26. The molecule has 1 aliphatic carbocycles. The van der Waals surface area contributed by atoms with Crippen LogP contribution >= 0.6 is 15.8 Å². The fourth-order valence-electron chi connectivity index (χ4n) is 7.90. The van der Waals surface area contributed by atoms with Crippen LogP contribution in [0.15, 0.2) is 170 Å². The van der Waals surface area contributed by atoms with Crippen molar-refractivity contribution in [2.24, 2.45) is 0 Å². The number of aryl methyl sites for hydroxylation is 4. The Bertz CT molecular complexity index is 2420. The van der Waals surface area contributed by atoms with Gasteiger partial charge in [-0.3, -0.25) is 0 Å².